The second-order valence-electron chi connectivity index (χ2n) is 5.04. The molecule has 1 atom stereocenters. The number of amides is 2. The summed E-state index contributed by atoms with van der Waals surface area (Å²) in [4.78, 5) is 24.3. The quantitative estimate of drug-likeness (QED) is 0.766. The lowest BCUT2D eigenvalue weighted by molar-refractivity contribution is -0.154. The van der Waals surface area contributed by atoms with Crippen LogP contribution < -0.4 is 5.73 Å². The van der Waals surface area contributed by atoms with Crippen molar-refractivity contribution in [1.82, 2.24) is 4.90 Å². The van der Waals surface area contributed by atoms with Gasteiger partial charge in [0, 0.05) is 12.0 Å². The predicted octanol–water partition coefficient (Wildman–Crippen LogP) is 1.42. The Bertz CT molecular complexity index is 314. The summed E-state index contributed by atoms with van der Waals surface area (Å²) in [5.74, 6) is -0.948. The van der Waals surface area contributed by atoms with Crippen LogP contribution in [0.25, 0.3) is 0 Å². The standard InChI is InChI=1S/C11H20N2O3/c1-4-5-11(8(14)15)10(2,3)6-7-13(11)9(12)16/h4-7H2,1-3H3,(H2,12,16)(H,14,15). The molecule has 1 fully saturated rings. The van der Waals surface area contributed by atoms with Gasteiger partial charge in [0.2, 0.25) is 0 Å². The smallest absolute Gasteiger partial charge is 0.330 e. The zero-order chi connectivity index (χ0) is 12.6. The molecule has 0 aromatic carbocycles. The first kappa shape index (κ1) is 12.8. The fourth-order valence-electron chi connectivity index (χ4n) is 2.80. The molecular formula is C11H20N2O3. The van der Waals surface area contributed by atoms with E-state index >= 15 is 0 Å². The van der Waals surface area contributed by atoms with E-state index in [0.717, 1.165) is 0 Å². The number of primary amides is 1. The van der Waals surface area contributed by atoms with E-state index in [0.29, 0.717) is 25.8 Å². The maximum atomic E-state index is 11.6. The second-order valence-corrected chi connectivity index (χ2v) is 5.04. The normalized spacial score (nSPS) is 28.1. The number of carbonyl (C=O) groups is 2. The monoisotopic (exact) mass is 228 g/mol. The van der Waals surface area contributed by atoms with E-state index in [4.69, 9.17) is 5.73 Å². The average Bonchev–Trinajstić information content (AvgIpc) is 2.40. The van der Waals surface area contributed by atoms with Gasteiger partial charge in [-0.25, -0.2) is 9.59 Å². The third-order valence-electron chi connectivity index (χ3n) is 3.77. The lowest BCUT2D eigenvalue weighted by Crippen LogP contribution is -2.60. The highest BCUT2D eigenvalue weighted by atomic mass is 16.4. The number of carbonyl (C=O) groups excluding carboxylic acids is 1. The number of hydrogen-bond acceptors (Lipinski definition) is 2. The van der Waals surface area contributed by atoms with Gasteiger partial charge in [-0.15, -0.1) is 0 Å². The van der Waals surface area contributed by atoms with Crippen molar-refractivity contribution in [2.24, 2.45) is 11.1 Å². The molecule has 16 heavy (non-hydrogen) atoms. The molecule has 0 bridgehead atoms. The van der Waals surface area contributed by atoms with Gasteiger partial charge in [-0.1, -0.05) is 27.2 Å². The number of urea groups is 1. The van der Waals surface area contributed by atoms with Gasteiger partial charge in [0.25, 0.3) is 0 Å². The van der Waals surface area contributed by atoms with E-state index in [-0.39, 0.29) is 0 Å². The molecule has 1 aliphatic rings. The minimum absolute atomic E-state index is 0.425. The molecule has 2 amide bonds. The Kier molecular flexibility index (Phi) is 3.17. The molecule has 1 aliphatic heterocycles. The largest absolute Gasteiger partial charge is 0.479 e. The lowest BCUT2D eigenvalue weighted by atomic mass is 9.70. The fraction of sp³-hybridized carbons (Fsp3) is 0.818. The Balaban J connectivity index is 3.25. The second kappa shape index (κ2) is 3.96. The van der Waals surface area contributed by atoms with Crippen molar-refractivity contribution in [2.75, 3.05) is 6.54 Å². The Hall–Kier alpha value is -1.26. The van der Waals surface area contributed by atoms with Crippen molar-refractivity contribution in [3.05, 3.63) is 0 Å². The molecule has 1 heterocycles. The maximum Gasteiger partial charge on any atom is 0.330 e. The Morgan fingerprint density at radius 2 is 2.00 bits per heavy atom. The topological polar surface area (TPSA) is 83.6 Å². The van der Waals surface area contributed by atoms with Gasteiger partial charge in [0.15, 0.2) is 0 Å². The lowest BCUT2D eigenvalue weighted by Gasteiger charge is -2.42. The van der Waals surface area contributed by atoms with Gasteiger partial charge < -0.3 is 15.7 Å². The number of aliphatic carboxylic acids is 1. The highest BCUT2D eigenvalue weighted by Gasteiger charge is 2.60. The third-order valence-corrected chi connectivity index (χ3v) is 3.77. The number of carboxylic acid groups (broad SMARTS) is 1. The molecule has 0 spiro atoms. The van der Waals surface area contributed by atoms with Crippen LogP contribution in [0.2, 0.25) is 0 Å². The summed E-state index contributed by atoms with van der Waals surface area (Å²) in [6.07, 6.45) is 1.82. The van der Waals surface area contributed by atoms with Gasteiger partial charge in [0.1, 0.15) is 5.54 Å². The minimum Gasteiger partial charge on any atom is -0.479 e. The summed E-state index contributed by atoms with van der Waals surface area (Å²) in [7, 11) is 0. The molecule has 0 saturated carbocycles. The third kappa shape index (κ3) is 1.54. The van der Waals surface area contributed by atoms with Crippen LogP contribution >= 0.6 is 0 Å². The fourth-order valence-corrected chi connectivity index (χ4v) is 2.80. The van der Waals surface area contributed by atoms with Crippen molar-refractivity contribution >= 4 is 12.0 Å². The highest BCUT2D eigenvalue weighted by Crippen LogP contribution is 2.48. The summed E-state index contributed by atoms with van der Waals surface area (Å²) in [6, 6.07) is -0.638. The molecule has 0 aromatic rings. The highest BCUT2D eigenvalue weighted by molar-refractivity contribution is 5.87. The number of nitrogens with two attached hydrogens (primary N) is 1. The first-order valence-corrected chi connectivity index (χ1v) is 5.60. The number of likely N-dealkylation sites (tertiary alicyclic amines) is 1. The van der Waals surface area contributed by atoms with Gasteiger partial charge in [-0.05, 0) is 12.8 Å². The van der Waals surface area contributed by atoms with Crippen molar-refractivity contribution < 1.29 is 14.7 Å². The summed E-state index contributed by atoms with van der Waals surface area (Å²) < 4.78 is 0. The van der Waals surface area contributed by atoms with Gasteiger partial charge in [-0.3, -0.25) is 0 Å². The molecule has 0 radical (unpaired) electrons. The van der Waals surface area contributed by atoms with E-state index in [1.54, 1.807) is 0 Å². The zero-order valence-corrected chi connectivity index (χ0v) is 10.1. The molecule has 5 heteroatoms. The number of nitrogens with zero attached hydrogens (tertiary/aromatic N) is 1. The number of rotatable bonds is 3. The summed E-state index contributed by atoms with van der Waals surface area (Å²) >= 11 is 0. The number of hydrogen-bond donors (Lipinski definition) is 2. The van der Waals surface area contributed by atoms with Crippen molar-refractivity contribution in [2.45, 2.75) is 45.6 Å². The maximum absolute atomic E-state index is 11.6. The van der Waals surface area contributed by atoms with Crippen LogP contribution in [0.4, 0.5) is 4.79 Å². The Morgan fingerprint density at radius 3 is 2.38 bits per heavy atom. The first-order valence-electron chi connectivity index (χ1n) is 5.60. The molecule has 0 aliphatic carbocycles. The summed E-state index contributed by atoms with van der Waals surface area (Å²) in [5, 5.41) is 9.50. The van der Waals surface area contributed by atoms with Crippen LogP contribution in [-0.2, 0) is 4.79 Å². The van der Waals surface area contributed by atoms with Crippen LogP contribution in [0.5, 0.6) is 0 Å². The van der Waals surface area contributed by atoms with Crippen LogP contribution in [0.1, 0.15) is 40.0 Å². The molecule has 5 nitrogen and oxygen atoms in total. The molecule has 3 N–H and O–H groups in total. The zero-order valence-electron chi connectivity index (χ0n) is 10.1. The van der Waals surface area contributed by atoms with E-state index in [2.05, 4.69) is 0 Å². The molecule has 92 valence electrons. The SMILES string of the molecule is CCCC1(C(=O)O)N(C(N)=O)CCC1(C)C. The summed E-state index contributed by atoms with van der Waals surface area (Å²) in [5.41, 5.74) is 3.70. The molecule has 1 saturated heterocycles. The minimum atomic E-state index is -1.15. The Morgan fingerprint density at radius 1 is 1.44 bits per heavy atom. The molecular weight excluding hydrogens is 208 g/mol. The predicted molar refractivity (Wildman–Crippen MR) is 60.0 cm³/mol. The molecule has 1 unspecified atom stereocenters. The Labute approximate surface area is 95.6 Å². The molecule has 1 rings (SSSR count). The summed E-state index contributed by atoms with van der Waals surface area (Å²) in [6.45, 7) is 6.12. The van der Waals surface area contributed by atoms with Gasteiger partial charge >= 0.3 is 12.0 Å². The van der Waals surface area contributed by atoms with Crippen LogP contribution in [-0.4, -0.2) is 34.1 Å². The van der Waals surface area contributed by atoms with Crippen LogP contribution in [0, 0.1) is 5.41 Å². The van der Waals surface area contributed by atoms with Crippen molar-refractivity contribution in [1.29, 1.82) is 0 Å². The van der Waals surface area contributed by atoms with Gasteiger partial charge in [0.05, 0.1) is 0 Å². The van der Waals surface area contributed by atoms with E-state index in [1.807, 2.05) is 20.8 Å². The van der Waals surface area contributed by atoms with E-state index in [1.165, 1.54) is 4.90 Å². The first-order chi connectivity index (χ1) is 7.29. The van der Waals surface area contributed by atoms with Crippen molar-refractivity contribution in [3.8, 4) is 0 Å². The molecule has 0 aromatic heterocycles. The van der Waals surface area contributed by atoms with E-state index in [9.17, 15) is 14.7 Å². The average molecular weight is 228 g/mol. The van der Waals surface area contributed by atoms with E-state index < -0.39 is 23.0 Å². The van der Waals surface area contributed by atoms with Gasteiger partial charge in [-0.2, -0.15) is 0 Å². The number of carboxylic acids is 1. The van der Waals surface area contributed by atoms with Crippen LogP contribution in [0.3, 0.4) is 0 Å². The van der Waals surface area contributed by atoms with Crippen molar-refractivity contribution in [3.63, 3.8) is 0 Å². The van der Waals surface area contributed by atoms with Crippen LogP contribution in [0.15, 0.2) is 0 Å².